The molecule has 6 nitrogen and oxygen atoms in total. The molecule has 0 aliphatic heterocycles. The molecule has 8 heteroatoms. The molecule has 1 aromatic heterocycles. The lowest BCUT2D eigenvalue weighted by Gasteiger charge is -2.33. The average Bonchev–Trinajstić information content (AvgIpc) is 3.33. The van der Waals surface area contributed by atoms with Gasteiger partial charge in [-0.2, -0.15) is 0 Å². The molecule has 1 aliphatic carbocycles. The van der Waals surface area contributed by atoms with Gasteiger partial charge in [0.15, 0.2) is 5.69 Å². The van der Waals surface area contributed by atoms with E-state index in [1.165, 1.54) is 34.9 Å². The van der Waals surface area contributed by atoms with Gasteiger partial charge in [-0.15, -0.1) is 5.10 Å². The summed E-state index contributed by atoms with van der Waals surface area (Å²) in [4.78, 5) is 28.3. The summed E-state index contributed by atoms with van der Waals surface area (Å²) in [6.45, 7) is 0. The minimum Gasteiger partial charge on any atom is -0.351 e. The normalized spacial score (nSPS) is 15.3. The summed E-state index contributed by atoms with van der Waals surface area (Å²) in [6, 6.07) is 13.8. The summed E-state index contributed by atoms with van der Waals surface area (Å²) in [5, 5.41) is 8.53. The number of hydrogen-bond acceptors (Lipinski definition) is 5. The van der Waals surface area contributed by atoms with E-state index in [2.05, 4.69) is 14.9 Å². The van der Waals surface area contributed by atoms with E-state index < -0.39 is 17.8 Å². The molecule has 0 bridgehead atoms. The molecule has 1 saturated carbocycles. The summed E-state index contributed by atoms with van der Waals surface area (Å²) < 4.78 is 17.9. The number of nitrogens with one attached hydrogen (secondary N) is 1. The highest BCUT2D eigenvalue weighted by molar-refractivity contribution is 7.03. The van der Waals surface area contributed by atoms with Gasteiger partial charge in [0.1, 0.15) is 11.9 Å². The Hall–Kier alpha value is -3.13. The van der Waals surface area contributed by atoms with Gasteiger partial charge in [-0.25, -0.2) is 4.39 Å². The van der Waals surface area contributed by atoms with Gasteiger partial charge < -0.3 is 5.32 Å². The maximum Gasteiger partial charge on any atom is 0.280 e. The maximum atomic E-state index is 14.1. The van der Waals surface area contributed by atoms with Crippen LogP contribution in [0.5, 0.6) is 0 Å². The van der Waals surface area contributed by atoms with Crippen LogP contribution < -0.4 is 10.2 Å². The van der Waals surface area contributed by atoms with Crippen LogP contribution in [0.1, 0.15) is 54.2 Å². The van der Waals surface area contributed by atoms with E-state index in [-0.39, 0.29) is 23.3 Å². The number of carbonyl (C=O) groups is 2. The van der Waals surface area contributed by atoms with Crippen LogP contribution in [0.25, 0.3) is 0 Å². The summed E-state index contributed by atoms with van der Waals surface area (Å²) in [5.41, 5.74) is 1.03. The average molecular weight is 439 g/mol. The highest BCUT2D eigenvalue weighted by Crippen LogP contribution is 2.31. The van der Waals surface area contributed by atoms with E-state index in [9.17, 15) is 14.0 Å². The number of halogens is 1. The summed E-state index contributed by atoms with van der Waals surface area (Å²) in [6.07, 6.45) is 5.13. The molecule has 0 radical (unpaired) electrons. The molecule has 0 saturated heterocycles. The third-order valence-corrected chi connectivity index (χ3v) is 5.96. The van der Waals surface area contributed by atoms with E-state index >= 15 is 0 Å². The lowest BCUT2D eigenvalue weighted by atomic mass is 9.94. The van der Waals surface area contributed by atoms with Crippen molar-refractivity contribution in [2.24, 2.45) is 0 Å². The lowest BCUT2D eigenvalue weighted by Crippen LogP contribution is -2.47. The molecule has 31 heavy (non-hydrogen) atoms. The van der Waals surface area contributed by atoms with E-state index in [0.717, 1.165) is 37.2 Å². The first-order valence-corrected chi connectivity index (χ1v) is 11.2. The smallest absolute Gasteiger partial charge is 0.280 e. The predicted octanol–water partition coefficient (Wildman–Crippen LogP) is 4.51. The molecule has 1 atom stereocenters. The Bertz CT molecular complexity index is 1020. The van der Waals surface area contributed by atoms with E-state index in [0.29, 0.717) is 5.56 Å². The van der Waals surface area contributed by atoms with Gasteiger partial charge in [0, 0.05) is 17.1 Å². The van der Waals surface area contributed by atoms with E-state index in [1.807, 2.05) is 18.2 Å². The topological polar surface area (TPSA) is 75.2 Å². The minimum atomic E-state index is -0.973. The predicted molar refractivity (Wildman–Crippen MR) is 117 cm³/mol. The maximum absolute atomic E-state index is 14.1. The molecule has 160 valence electrons. The molecule has 4 rings (SSSR count). The molecule has 1 heterocycles. The second kappa shape index (κ2) is 9.78. The number of carbonyl (C=O) groups excluding carboxylic acids is 2. The van der Waals surface area contributed by atoms with Crippen LogP contribution in [0.15, 0.2) is 60.0 Å². The van der Waals surface area contributed by atoms with Crippen molar-refractivity contribution in [1.82, 2.24) is 14.9 Å². The van der Waals surface area contributed by atoms with Crippen LogP contribution in [0.2, 0.25) is 0 Å². The number of aromatic nitrogens is 2. The van der Waals surface area contributed by atoms with Crippen LogP contribution in [0, 0.1) is 5.82 Å². The highest BCUT2D eigenvalue weighted by Gasteiger charge is 2.35. The molecule has 2 aromatic carbocycles. The quantitative estimate of drug-likeness (QED) is 0.614. The number of rotatable bonds is 6. The zero-order valence-electron chi connectivity index (χ0n) is 16.9. The highest BCUT2D eigenvalue weighted by atomic mass is 32.1. The van der Waals surface area contributed by atoms with Crippen LogP contribution in [-0.2, 0) is 4.79 Å². The van der Waals surface area contributed by atoms with Crippen molar-refractivity contribution in [3.63, 3.8) is 0 Å². The first-order chi connectivity index (χ1) is 15.1. The van der Waals surface area contributed by atoms with Crippen molar-refractivity contribution in [3.05, 3.63) is 77.1 Å². The third kappa shape index (κ3) is 4.96. The zero-order valence-corrected chi connectivity index (χ0v) is 17.7. The number of amides is 2. The molecule has 1 aliphatic rings. The third-order valence-electron chi connectivity index (χ3n) is 5.46. The number of hydrogen-bond donors (Lipinski definition) is 1. The molecule has 2 amide bonds. The second-order valence-electron chi connectivity index (χ2n) is 7.60. The summed E-state index contributed by atoms with van der Waals surface area (Å²) in [5.74, 6) is -1.29. The van der Waals surface area contributed by atoms with E-state index in [1.54, 1.807) is 18.2 Å². The summed E-state index contributed by atoms with van der Waals surface area (Å²) >= 11 is 1.04. The van der Waals surface area contributed by atoms with Crippen LogP contribution in [-0.4, -0.2) is 27.4 Å². The number of anilines is 1. The largest absolute Gasteiger partial charge is 0.351 e. The first kappa shape index (κ1) is 21.1. The SMILES string of the molecule is O=C(NC1CCCCC1)C(c1ccccc1)N(C(=O)c1csnn1)c1cccc(F)c1. The van der Waals surface area contributed by atoms with Gasteiger partial charge in [-0.3, -0.25) is 14.5 Å². The van der Waals surface area contributed by atoms with Crippen LogP contribution >= 0.6 is 11.5 Å². The van der Waals surface area contributed by atoms with Gasteiger partial charge in [0.2, 0.25) is 5.91 Å². The zero-order chi connectivity index (χ0) is 21.6. The fourth-order valence-electron chi connectivity index (χ4n) is 3.97. The Balaban J connectivity index is 1.77. The number of benzene rings is 2. The van der Waals surface area contributed by atoms with Crippen molar-refractivity contribution in [2.45, 2.75) is 44.2 Å². The molecule has 0 spiro atoms. The van der Waals surface area contributed by atoms with Crippen molar-refractivity contribution in [3.8, 4) is 0 Å². The summed E-state index contributed by atoms with van der Waals surface area (Å²) in [7, 11) is 0. The Morgan fingerprint density at radius 3 is 2.52 bits per heavy atom. The Morgan fingerprint density at radius 1 is 1.06 bits per heavy atom. The molecule has 1 unspecified atom stereocenters. The van der Waals surface area contributed by atoms with Crippen molar-refractivity contribution in [2.75, 3.05) is 4.90 Å². The Morgan fingerprint density at radius 2 is 1.84 bits per heavy atom. The van der Waals surface area contributed by atoms with Crippen LogP contribution in [0.3, 0.4) is 0 Å². The standard InChI is InChI=1S/C23H23FN4O2S/c24-17-10-7-13-19(14-17)28(23(30)20-15-31-27-26-20)21(16-8-3-1-4-9-16)22(29)25-18-11-5-2-6-12-18/h1,3-4,7-10,13-15,18,21H,2,5-6,11-12H2,(H,25,29). The monoisotopic (exact) mass is 438 g/mol. The lowest BCUT2D eigenvalue weighted by molar-refractivity contribution is -0.123. The van der Waals surface area contributed by atoms with Crippen molar-refractivity contribution in [1.29, 1.82) is 0 Å². The minimum absolute atomic E-state index is 0.0675. The van der Waals surface area contributed by atoms with Gasteiger partial charge in [-0.1, -0.05) is 60.1 Å². The Labute approximate surface area is 184 Å². The van der Waals surface area contributed by atoms with E-state index in [4.69, 9.17) is 0 Å². The fourth-order valence-corrected chi connectivity index (χ4v) is 4.40. The first-order valence-electron chi connectivity index (χ1n) is 10.3. The fraction of sp³-hybridized carbons (Fsp3) is 0.304. The molecule has 3 aromatic rings. The molecular formula is C23H23FN4O2S. The van der Waals surface area contributed by atoms with Gasteiger partial charge in [0.05, 0.1) is 0 Å². The van der Waals surface area contributed by atoms with Gasteiger partial charge in [0.25, 0.3) is 5.91 Å². The van der Waals surface area contributed by atoms with Gasteiger partial charge in [-0.05, 0) is 48.1 Å². The molecule has 1 N–H and O–H groups in total. The van der Waals surface area contributed by atoms with Crippen LogP contribution in [0.4, 0.5) is 10.1 Å². The number of nitrogens with zero attached hydrogens (tertiary/aromatic N) is 3. The van der Waals surface area contributed by atoms with Crippen molar-refractivity contribution < 1.29 is 14.0 Å². The van der Waals surface area contributed by atoms with Crippen molar-refractivity contribution >= 4 is 29.0 Å². The second-order valence-corrected chi connectivity index (χ2v) is 8.21. The molecular weight excluding hydrogens is 415 g/mol. The van der Waals surface area contributed by atoms with Gasteiger partial charge >= 0.3 is 0 Å². The molecule has 1 fully saturated rings. The Kier molecular flexibility index (Phi) is 6.66.